The Morgan fingerprint density at radius 2 is 1.83 bits per heavy atom. The van der Waals surface area contributed by atoms with E-state index in [1.807, 2.05) is 20.8 Å². The van der Waals surface area contributed by atoms with E-state index in [4.69, 9.17) is 16.3 Å². The minimum absolute atomic E-state index is 0.316. The predicted molar refractivity (Wildman–Crippen MR) is 90.2 cm³/mol. The van der Waals surface area contributed by atoms with E-state index in [1.54, 1.807) is 32.0 Å². The van der Waals surface area contributed by atoms with Crippen LogP contribution in [0.3, 0.4) is 0 Å². The van der Waals surface area contributed by atoms with Gasteiger partial charge in [-0.1, -0.05) is 23.7 Å². The Morgan fingerprint density at radius 1 is 1.22 bits per heavy atom. The second kappa shape index (κ2) is 7.59. The lowest BCUT2D eigenvalue weighted by Crippen LogP contribution is -2.52. The van der Waals surface area contributed by atoms with E-state index >= 15 is 0 Å². The first kappa shape index (κ1) is 19.9. The average molecular weight is 345 g/mol. The van der Waals surface area contributed by atoms with Crippen molar-refractivity contribution in [2.24, 2.45) is 0 Å². The molecule has 0 radical (unpaired) electrons. The fraction of sp³-hybridized carbons (Fsp3) is 0.562. The van der Waals surface area contributed by atoms with Gasteiger partial charge in [0.2, 0.25) is 12.8 Å². The Morgan fingerprint density at radius 3 is 2.35 bits per heavy atom. The lowest BCUT2D eigenvalue weighted by Gasteiger charge is -2.36. The molecule has 4 N–H and O–H groups in total. The van der Waals surface area contributed by atoms with Crippen molar-refractivity contribution in [1.29, 1.82) is 0 Å². The Kier molecular flexibility index (Phi) is 6.56. The highest BCUT2D eigenvalue weighted by Crippen LogP contribution is 2.35. The van der Waals surface area contributed by atoms with Crippen LogP contribution in [-0.2, 0) is 9.53 Å². The monoisotopic (exact) mass is 344 g/mol. The van der Waals surface area contributed by atoms with Crippen LogP contribution in [0.5, 0.6) is 0 Å². The van der Waals surface area contributed by atoms with Gasteiger partial charge in [0.15, 0.2) is 0 Å². The molecule has 0 bridgehead atoms. The summed E-state index contributed by atoms with van der Waals surface area (Å²) in [4.78, 5) is 10.8. The van der Waals surface area contributed by atoms with Crippen molar-refractivity contribution in [3.05, 3.63) is 28.8 Å². The van der Waals surface area contributed by atoms with Crippen LogP contribution in [0, 0.1) is 0 Å². The number of aliphatic hydroxyl groups excluding tert-OH is 2. The van der Waals surface area contributed by atoms with Crippen LogP contribution >= 0.6 is 11.6 Å². The first-order chi connectivity index (χ1) is 10.5. The van der Waals surface area contributed by atoms with Crippen LogP contribution in [0.2, 0.25) is 5.02 Å². The summed E-state index contributed by atoms with van der Waals surface area (Å²) in [6.07, 6.45) is -1.82. The summed E-state index contributed by atoms with van der Waals surface area (Å²) in [7, 11) is 0. The summed E-state index contributed by atoms with van der Waals surface area (Å²) in [5, 5.41) is 26.3. The quantitative estimate of drug-likeness (QED) is 0.450. The zero-order valence-electron chi connectivity index (χ0n) is 14.1. The van der Waals surface area contributed by atoms with Gasteiger partial charge in [0.25, 0.3) is 0 Å². The second-order valence-electron chi connectivity index (χ2n) is 6.82. The third-order valence-corrected chi connectivity index (χ3v) is 3.50. The number of halogens is 1. The Balaban J connectivity index is 3.00. The third-order valence-electron chi connectivity index (χ3n) is 3.19. The highest BCUT2D eigenvalue weighted by molar-refractivity contribution is 6.33. The lowest BCUT2D eigenvalue weighted by atomic mass is 9.90. The molecular weight excluding hydrogens is 320 g/mol. The van der Waals surface area contributed by atoms with Crippen molar-refractivity contribution in [1.82, 2.24) is 5.32 Å². The molecule has 0 saturated heterocycles. The second-order valence-corrected chi connectivity index (χ2v) is 7.22. The van der Waals surface area contributed by atoms with Crippen molar-refractivity contribution in [3.63, 3.8) is 0 Å². The molecular formula is C16H25ClN2O4. The molecule has 2 unspecified atom stereocenters. The lowest BCUT2D eigenvalue weighted by molar-refractivity contribution is -0.196. The summed E-state index contributed by atoms with van der Waals surface area (Å²) in [5.74, 6) is 0. The molecule has 0 aliphatic rings. The van der Waals surface area contributed by atoms with Gasteiger partial charge in [0, 0.05) is 11.1 Å². The van der Waals surface area contributed by atoms with E-state index < -0.39 is 23.7 Å². The first-order valence-electron chi connectivity index (χ1n) is 7.28. The van der Waals surface area contributed by atoms with Gasteiger partial charge < -0.3 is 20.3 Å². The Labute approximate surface area is 141 Å². The van der Waals surface area contributed by atoms with E-state index in [0.717, 1.165) is 0 Å². The number of para-hydroxylation sites is 1. The van der Waals surface area contributed by atoms with Crippen molar-refractivity contribution < 1.29 is 19.7 Å². The number of aliphatic hydroxyl groups is 2. The van der Waals surface area contributed by atoms with Gasteiger partial charge in [0.05, 0.1) is 22.4 Å². The number of ether oxygens (including phenoxy) is 1. The molecule has 130 valence electrons. The van der Waals surface area contributed by atoms with Gasteiger partial charge in [-0.15, -0.1) is 0 Å². The first-order valence-corrected chi connectivity index (χ1v) is 7.66. The molecule has 2 atom stereocenters. The summed E-state index contributed by atoms with van der Waals surface area (Å²) in [5.41, 5.74) is -0.731. The summed E-state index contributed by atoms with van der Waals surface area (Å²) in [6, 6.07) is 4.94. The number of carbonyl (C=O) groups is 1. The summed E-state index contributed by atoms with van der Waals surface area (Å²) >= 11 is 6.07. The highest BCUT2D eigenvalue weighted by Gasteiger charge is 2.34. The van der Waals surface area contributed by atoms with Crippen LogP contribution < -0.4 is 10.6 Å². The number of benzene rings is 1. The Bertz CT molecular complexity index is 543. The highest BCUT2D eigenvalue weighted by atomic mass is 35.5. The minimum atomic E-state index is -1.26. The fourth-order valence-corrected chi connectivity index (χ4v) is 2.37. The average Bonchev–Trinajstić information content (AvgIpc) is 2.37. The van der Waals surface area contributed by atoms with E-state index in [2.05, 4.69) is 10.6 Å². The maximum Gasteiger partial charge on any atom is 0.214 e. The van der Waals surface area contributed by atoms with Gasteiger partial charge in [-0.05, 0) is 40.7 Å². The van der Waals surface area contributed by atoms with Crippen LogP contribution in [0.25, 0.3) is 0 Å². The van der Waals surface area contributed by atoms with E-state index in [-0.39, 0.29) is 0 Å². The molecule has 0 aliphatic heterocycles. The van der Waals surface area contributed by atoms with E-state index in [1.165, 1.54) is 0 Å². The molecule has 1 aromatic rings. The number of hydrogen-bond donors (Lipinski definition) is 4. The maximum absolute atomic E-state index is 10.8. The number of nitrogens with one attached hydrogen (secondary N) is 2. The van der Waals surface area contributed by atoms with Crippen LogP contribution in [0.4, 0.5) is 5.69 Å². The SMILES string of the molecule is CC(C)(C)OC(O)NC(C)(C)C(O)c1cccc(Cl)c1NC=O. The Hall–Kier alpha value is -1.18. The molecule has 1 rings (SSSR count). The van der Waals surface area contributed by atoms with Gasteiger partial charge in [0.1, 0.15) is 0 Å². The predicted octanol–water partition coefficient (Wildman–Crippen LogP) is 2.40. The van der Waals surface area contributed by atoms with Gasteiger partial charge in [-0.3, -0.25) is 10.1 Å². The zero-order chi connectivity index (χ0) is 17.8. The number of anilines is 1. The van der Waals surface area contributed by atoms with Crippen LogP contribution in [0.15, 0.2) is 18.2 Å². The van der Waals surface area contributed by atoms with Crippen LogP contribution in [-0.4, -0.2) is 34.2 Å². The molecule has 6 nitrogen and oxygen atoms in total. The summed E-state index contributed by atoms with van der Waals surface area (Å²) < 4.78 is 5.40. The van der Waals surface area contributed by atoms with Crippen molar-refractivity contribution >= 4 is 23.7 Å². The molecule has 1 amide bonds. The van der Waals surface area contributed by atoms with Crippen molar-refractivity contribution in [2.45, 2.75) is 58.3 Å². The van der Waals surface area contributed by atoms with Gasteiger partial charge in [-0.25, -0.2) is 0 Å². The smallest absolute Gasteiger partial charge is 0.214 e. The number of carbonyl (C=O) groups excluding carboxylic acids is 1. The third kappa shape index (κ3) is 5.75. The maximum atomic E-state index is 10.8. The largest absolute Gasteiger partial charge is 0.386 e. The molecule has 23 heavy (non-hydrogen) atoms. The molecule has 0 saturated carbocycles. The van der Waals surface area contributed by atoms with Gasteiger partial charge in [-0.2, -0.15) is 0 Å². The van der Waals surface area contributed by atoms with Crippen LogP contribution in [0.1, 0.15) is 46.3 Å². The number of amides is 1. The van der Waals surface area contributed by atoms with Crippen molar-refractivity contribution in [3.8, 4) is 0 Å². The summed E-state index contributed by atoms with van der Waals surface area (Å²) in [6.45, 7) is 8.84. The molecule has 1 aromatic carbocycles. The minimum Gasteiger partial charge on any atom is -0.386 e. The molecule has 0 aliphatic carbocycles. The topological polar surface area (TPSA) is 90.8 Å². The molecule has 0 heterocycles. The fourth-order valence-electron chi connectivity index (χ4n) is 2.13. The van der Waals surface area contributed by atoms with E-state index in [0.29, 0.717) is 22.7 Å². The molecule has 0 aromatic heterocycles. The zero-order valence-corrected chi connectivity index (χ0v) is 14.8. The number of hydrogen-bond acceptors (Lipinski definition) is 5. The van der Waals surface area contributed by atoms with E-state index in [9.17, 15) is 15.0 Å². The molecule has 7 heteroatoms. The number of rotatable bonds is 7. The normalized spacial score (nSPS) is 15.1. The standard InChI is InChI=1S/C16H25ClN2O4/c1-15(2,3)23-14(22)19-16(4,5)13(21)10-7-6-8-11(17)12(10)18-9-20/h6-9,13-14,19,21-22H,1-5H3,(H,18,20). The van der Waals surface area contributed by atoms with Crippen molar-refractivity contribution in [2.75, 3.05) is 5.32 Å². The molecule has 0 fully saturated rings. The van der Waals surface area contributed by atoms with Gasteiger partial charge >= 0.3 is 0 Å². The molecule has 0 spiro atoms.